The number of nitriles is 2. The molecule has 0 amide bonds. The van der Waals surface area contributed by atoms with Gasteiger partial charge in [0, 0.05) is 73.0 Å². The third-order valence-corrected chi connectivity index (χ3v) is 16.8. The highest BCUT2D eigenvalue weighted by Crippen LogP contribution is 2.52. The van der Waals surface area contributed by atoms with E-state index in [0.29, 0.717) is 16.7 Å². The zero-order valence-corrected chi connectivity index (χ0v) is 38.9. The van der Waals surface area contributed by atoms with Gasteiger partial charge in [0.2, 0.25) is 0 Å². The lowest BCUT2D eigenvalue weighted by Crippen LogP contribution is -2.11. The quantitative estimate of drug-likeness (QED) is 0.177. The molecule has 0 aliphatic heterocycles. The van der Waals surface area contributed by atoms with E-state index in [2.05, 4.69) is 215 Å². The van der Waals surface area contributed by atoms with Crippen molar-refractivity contribution < 1.29 is 0 Å². The van der Waals surface area contributed by atoms with E-state index in [9.17, 15) is 10.5 Å². The van der Waals surface area contributed by atoms with Crippen LogP contribution in [-0.2, 0) is 0 Å². The molecular formula is C64H34N4S2. The van der Waals surface area contributed by atoms with Crippen LogP contribution in [0.15, 0.2) is 206 Å². The maximum Gasteiger partial charge on any atom is 0.102 e. The molecule has 4 aromatic heterocycles. The Bertz CT molecular complexity index is 4640. The van der Waals surface area contributed by atoms with Crippen LogP contribution in [0.2, 0.25) is 0 Å². The largest absolute Gasteiger partial charge is 0.307 e. The minimum absolute atomic E-state index is 0.434. The van der Waals surface area contributed by atoms with Crippen LogP contribution in [0.25, 0.3) is 139 Å². The number of rotatable bonds is 4. The Labute approximate surface area is 408 Å². The Kier molecular flexibility index (Phi) is 8.21. The zero-order valence-electron chi connectivity index (χ0n) is 37.2. The van der Waals surface area contributed by atoms with Crippen LogP contribution in [0.5, 0.6) is 0 Å². The number of hydrogen-bond acceptors (Lipinski definition) is 4. The van der Waals surface area contributed by atoms with Gasteiger partial charge in [-0.2, -0.15) is 10.5 Å². The lowest BCUT2D eigenvalue weighted by Gasteiger charge is -2.26. The number of para-hydroxylation sites is 2. The van der Waals surface area contributed by atoms with E-state index in [1.54, 1.807) is 0 Å². The van der Waals surface area contributed by atoms with Crippen LogP contribution in [0.4, 0.5) is 0 Å². The van der Waals surface area contributed by atoms with E-state index >= 15 is 0 Å². The first kappa shape index (κ1) is 39.0. The topological polar surface area (TPSA) is 57.4 Å². The van der Waals surface area contributed by atoms with Crippen molar-refractivity contribution in [2.24, 2.45) is 0 Å². The van der Waals surface area contributed by atoms with Crippen LogP contribution < -0.4 is 0 Å². The molecule has 322 valence electrons. The minimum Gasteiger partial charge on any atom is -0.307 e. The molecule has 15 rings (SSSR count). The van der Waals surface area contributed by atoms with E-state index in [1.165, 1.54) is 40.3 Å². The van der Waals surface area contributed by atoms with Crippen molar-refractivity contribution in [3.63, 3.8) is 0 Å². The summed E-state index contributed by atoms with van der Waals surface area (Å²) in [5.74, 6) is 0. The standard InChI is InChI=1S/C64H34N4S2/c65-35-47-57(41-27-25-37-13-1-3-15-39(37)33-41)48(36-66)64(68-50-22-10-6-18-44(50)60-52(68)30-32-56-62(60)46-20-8-12-24-54(46)70-56)58(42-28-26-38-14-2-4-16-40(38)34-42)63(47)67-49-21-9-5-17-43(49)59-51(67)29-31-55-61(59)45-19-7-11-23-53(45)69-55/h1-34H. The van der Waals surface area contributed by atoms with Crippen molar-refractivity contribution in [1.82, 2.24) is 9.13 Å². The van der Waals surface area contributed by atoms with Crippen LogP contribution in [0.3, 0.4) is 0 Å². The van der Waals surface area contributed by atoms with Gasteiger partial charge < -0.3 is 9.13 Å². The van der Waals surface area contributed by atoms with Gasteiger partial charge in [-0.25, -0.2) is 0 Å². The van der Waals surface area contributed by atoms with E-state index in [0.717, 1.165) is 93.2 Å². The van der Waals surface area contributed by atoms with Crippen molar-refractivity contribution in [3.8, 4) is 45.8 Å². The third-order valence-electron chi connectivity index (χ3n) is 14.5. The van der Waals surface area contributed by atoms with Crippen molar-refractivity contribution in [3.05, 3.63) is 217 Å². The van der Waals surface area contributed by atoms with Gasteiger partial charge in [0.1, 0.15) is 12.1 Å². The number of aromatic nitrogens is 2. The summed E-state index contributed by atoms with van der Waals surface area (Å²) in [5.41, 5.74) is 9.38. The summed E-state index contributed by atoms with van der Waals surface area (Å²) in [6.45, 7) is 0. The Morgan fingerprint density at radius 2 is 0.714 bits per heavy atom. The number of nitrogens with zero attached hydrogens (tertiary/aromatic N) is 4. The molecule has 15 aromatic rings. The van der Waals surface area contributed by atoms with Gasteiger partial charge in [-0.15, -0.1) is 22.7 Å². The summed E-state index contributed by atoms with van der Waals surface area (Å²) >= 11 is 3.62. The second-order valence-electron chi connectivity index (χ2n) is 18.1. The summed E-state index contributed by atoms with van der Waals surface area (Å²) in [6, 6.07) is 78.9. The van der Waals surface area contributed by atoms with Gasteiger partial charge in [0.05, 0.1) is 44.6 Å². The predicted octanol–water partition coefficient (Wildman–Crippen LogP) is 18.0. The fourth-order valence-corrected chi connectivity index (χ4v) is 13.9. The van der Waals surface area contributed by atoms with Crippen LogP contribution in [-0.4, -0.2) is 9.13 Å². The van der Waals surface area contributed by atoms with Crippen molar-refractivity contribution >= 4 is 128 Å². The monoisotopic (exact) mass is 922 g/mol. The first-order valence-corrected chi connectivity index (χ1v) is 25.0. The van der Waals surface area contributed by atoms with Gasteiger partial charge in [0.25, 0.3) is 0 Å². The molecule has 4 heterocycles. The second kappa shape index (κ2) is 14.7. The molecule has 0 atom stereocenters. The van der Waals surface area contributed by atoms with Gasteiger partial charge in [-0.3, -0.25) is 0 Å². The molecule has 0 aliphatic carbocycles. The number of hydrogen-bond donors (Lipinski definition) is 0. The van der Waals surface area contributed by atoms with Crippen LogP contribution in [0.1, 0.15) is 11.1 Å². The molecule has 0 fully saturated rings. The molecule has 70 heavy (non-hydrogen) atoms. The summed E-state index contributed by atoms with van der Waals surface area (Å²) in [6.07, 6.45) is 0. The van der Waals surface area contributed by atoms with Crippen molar-refractivity contribution in [2.75, 3.05) is 0 Å². The van der Waals surface area contributed by atoms with Gasteiger partial charge in [0.15, 0.2) is 0 Å². The molecule has 4 nitrogen and oxygen atoms in total. The summed E-state index contributed by atoms with van der Waals surface area (Å²) in [5, 5.41) is 37.9. The lowest BCUT2D eigenvalue weighted by atomic mass is 9.85. The number of thiophene rings is 2. The van der Waals surface area contributed by atoms with Gasteiger partial charge in [-0.05, 0) is 93.3 Å². The normalized spacial score (nSPS) is 12.0. The first-order chi connectivity index (χ1) is 34.7. The SMILES string of the molecule is N#Cc1c(-c2ccc3ccccc3c2)c(C#N)c(-n2c3ccccc3c3c4c(ccc32)sc2ccccc24)c(-c2ccc3ccccc3c2)c1-n1c2ccccc2c2c3c(ccc21)sc1ccccc13. The molecular weight excluding hydrogens is 889 g/mol. The van der Waals surface area contributed by atoms with Crippen molar-refractivity contribution in [2.45, 2.75) is 0 Å². The number of benzene rings is 11. The summed E-state index contributed by atoms with van der Waals surface area (Å²) in [7, 11) is 0. The third kappa shape index (κ3) is 5.32. The minimum atomic E-state index is 0.434. The van der Waals surface area contributed by atoms with E-state index in [1.807, 2.05) is 34.8 Å². The molecule has 6 heteroatoms. The van der Waals surface area contributed by atoms with Crippen molar-refractivity contribution in [1.29, 1.82) is 10.5 Å². The molecule has 0 unspecified atom stereocenters. The Hall–Kier alpha value is -9.04. The average Bonchev–Trinajstić information content (AvgIpc) is 4.17. The predicted molar refractivity (Wildman–Crippen MR) is 296 cm³/mol. The Morgan fingerprint density at radius 3 is 1.19 bits per heavy atom. The molecule has 0 saturated carbocycles. The molecule has 0 radical (unpaired) electrons. The van der Waals surface area contributed by atoms with Gasteiger partial charge >= 0.3 is 0 Å². The van der Waals surface area contributed by atoms with E-state index in [4.69, 9.17) is 0 Å². The summed E-state index contributed by atoms with van der Waals surface area (Å²) in [4.78, 5) is 0. The highest BCUT2D eigenvalue weighted by molar-refractivity contribution is 7.26. The van der Waals surface area contributed by atoms with Gasteiger partial charge in [-0.1, -0.05) is 146 Å². The smallest absolute Gasteiger partial charge is 0.102 e. The highest BCUT2D eigenvalue weighted by Gasteiger charge is 2.33. The summed E-state index contributed by atoms with van der Waals surface area (Å²) < 4.78 is 9.56. The number of fused-ring (bicyclic) bond motifs is 16. The average molecular weight is 923 g/mol. The maximum atomic E-state index is 12.1. The first-order valence-electron chi connectivity index (χ1n) is 23.4. The van der Waals surface area contributed by atoms with E-state index < -0.39 is 0 Å². The molecule has 11 aromatic carbocycles. The van der Waals surface area contributed by atoms with Crippen LogP contribution in [0, 0.1) is 22.7 Å². The lowest BCUT2D eigenvalue weighted by molar-refractivity contribution is 1.12. The fourth-order valence-electron chi connectivity index (χ4n) is 11.7. The fraction of sp³-hybridized carbons (Fsp3) is 0. The second-order valence-corrected chi connectivity index (χ2v) is 20.3. The molecule has 0 aliphatic rings. The molecule has 0 N–H and O–H groups in total. The highest BCUT2D eigenvalue weighted by atomic mass is 32.1. The van der Waals surface area contributed by atoms with E-state index in [-0.39, 0.29) is 0 Å². The maximum absolute atomic E-state index is 12.1. The molecule has 0 saturated heterocycles. The molecule has 0 bridgehead atoms. The molecule has 0 spiro atoms. The van der Waals surface area contributed by atoms with Crippen LogP contribution >= 0.6 is 22.7 Å². The Balaban J connectivity index is 1.22. The zero-order chi connectivity index (χ0) is 46.2. The Morgan fingerprint density at radius 1 is 0.314 bits per heavy atom.